The van der Waals surface area contributed by atoms with Crippen molar-refractivity contribution < 1.29 is 13.2 Å². The molecule has 0 spiro atoms. The van der Waals surface area contributed by atoms with Crippen molar-refractivity contribution in [3.63, 3.8) is 0 Å². The summed E-state index contributed by atoms with van der Waals surface area (Å²) >= 11 is 0. The Kier molecular flexibility index (Phi) is 4.93. The monoisotopic (exact) mass is 427 g/mol. The number of halogens is 3. The second-order valence-corrected chi connectivity index (χ2v) is 8.03. The molecule has 0 unspecified atom stereocenters. The van der Waals surface area contributed by atoms with Crippen molar-refractivity contribution in [3.05, 3.63) is 125 Å². The van der Waals surface area contributed by atoms with Gasteiger partial charge >= 0.3 is 6.18 Å². The van der Waals surface area contributed by atoms with Crippen molar-refractivity contribution in [3.8, 4) is 11.1 Å². The summed E-state index contributed by atoms with van der Waals surface area (Å²) in [5, 5.41) is 0. The normalized spacial score (nSPS) is 15.4. The Morgan fingerprint density at radius 3 is 2.09 bits per heavy atom. The number of aryl methyl sites for hydroxylation is 1. The third kappa shape index (κ3) is 3.62. The molecule has 0 radical (unpaired) electrons. The van der Waals surface area contributed by atoms with Crippen LogP contribution in [0.4, 0.5) is 18.9 Å². The van der Waals surface area contributed by atoms with E-state index in [-0.39, 0.29) is 0 Å². The molecule has 32 heavy (non-hydrogen) atoms. The highest BCUT2D eigenvalue weighted by Crippen LogP contribution is 2.45. The molecule has 0 saturated heterocycles. The Morgan fingerprint density at radius 1 is 0.719 bits per heavy atom. The van der Waals surface area contributed by atoms with Gasteiger partial charge in [0.1, 0.15) is 0 Å². The molecule has 158 valence electrons. The summed E-state index contributed by atoms with van der Waals surface area (Å²) in [4.78, 5) is 5.05. The Balaban J connectivity index is 1.89. The highest BCUT2D eigenvalue weighted by Gasteiger charge is 2.34. The maximum atomic E-state index is 13.7. The van der Waals surface area contributed by atoms with Crippen LogP contribution in [-0.2, 0) is 6.18 Å². The third-order valence-corrected chi connectivity index (χ3v) is 5.85. The zero-order valence-corrected chi connectivity index (χ0v) is 17.4. The first-order chi connectivity index (χ1) is 15.4. The van der Waals surface area contributed by atoms with E-state index in [1.54, 1.807) is 6.07 Å². The Hall–Kier alpha value is -3.66. The molecule has 1 aliphatic heterocycles. The number of rotatable bonds is 2. The highest BCUT2D eigenvalue weighted by atomic mass is 19.4. The van der Waals surface area contributed by atoms with Gasteiger partial charge in [-0.15, -0.1) is 0 Å². The van der Waals surface area contributed by atoms with Gasteiger partial charge < -0.3 is 0 Å². The Bertz CT molecular complexity index is 1310. The van der Waals surface area contributed by atoms with E-state index < -0.39 is 17.7 Å². The predicted octanol–water partition coefficient (Wildman–Crippen LogP) is 7.95. The van der Waals surface area contributed by atoms with Gasteiger partial charge in [-0.25, -0.2) is 0 Å². The molecule has 0 amide bonds. The van der Waals surface area contributed by atoms with Crippen LogP contribution in [0.2, 0.25) is 0 Å². The second-order valence-electron chi connectivity index (χ2n) is 8.03. The van der Waals surface area contributed by atoms with E-state index >= 15 is 0 Å². The van der Waals surface area contributed by atoms with Crippen molar-refractivity contribution in [2.45, 2.75) is 19.0 Å². The van der Waals surface area contributed by atoms with Crippen LogP contribution in [0.15, 0.2) is 102 Å². The molecule has 0 aliphatic carbocycles. The van der Waals surface area contributed by atoms with E-state index in [1.807, 2.05) is 85.8 Å². The summed E-state index contributed by atoms with van der Waals surface area (Å²) in [5.41, 5.74) is 5.90. The van der Waals surface area contributed by atoms with Gasteiger partial charge in [-0.1, -0.05) is 78.4 Å². The van der Waals surface area contributed by atoms with E-state index in [0.29, 0.717) is 5.56 Å². The zero-order chi connectivity index (χ0) is 22.3. The molecule has 4 aromatic rings. The first-order valence-corrected chi connectivity index (χ1v) is 10.4. The number of aliphatic imine (C=N–C) groups is 1. The van der Waals surface area contributed by atoms with Crippen LogP contribution in [0.5, 0.6) is 0 Å². The molecule has 5 rings (SSSR count). The summed E-state index contributed by atoms with van der Waals surface area (Å²) in [6.45, 7) is 1.98. The summed E-state index contributed by atoms with van der Waals surface area (Å²) in [5.74, 6) is -0.441. The lowest BCUT2D eigenvalue weighted by molar-refractivity contribution is -0.137. The fourth-order valence-corrected chi connectivity index (χ4v) is 4.35. The van der Waals surface area contributed by atoms with Crippen molar-refractivity contribution in [2.24, 2.45) is 4.99 Å². The van der Waals surface area contributed by atoms with Gasteiger partial charge in [0.2, 0.25) is 0 Å². The van der Waals surface area contributed by atoms with E-state index in [9.17, 15) is 13.2 Å². The molecule has 4 aromatic carbocycles. The number of hydrogen-bond donors (Lipinski definition) is 0. The maximum Gasteiger partial charge on any atom is 0.416 e. The Morgan fingerprint density at radius 2 is 1.41 bits per heavy atom. The first kappa shape index (κ1) is 20.3. The molecule has 0 aromatic heterocycles. The quantitative estimate of drug-likeness (QED) is 0.308. The molecule has 1 heterocycles. The Labute approximate surface area is 184 Å². The summed E-state index contributed by atoms with van der Waals surface area (Å²) in [6, 6.07) is 29.3. The molecule has 0 N–H and O–H groups in total. The van der Waals surface area contributed by atoms with Crippen molar-refractivity contribution >= 4 is 11.4 Å². The van der Waals surface area contributed by atoms with E-state index in [4.69, 9.17) is 4.99 Å². The van der Waals surface area contributed by atoms with Gasteiger partial charge in [-0.3, -0.25) is 4.99 Å². The zero-order valence-electron chi connectivity index (χ0n) is 17.4. The lowest BCUT2D eigenvalue weighted by Crippen LogP contribution is -2.17. The van der Waals surface area contributed by atoms with Gasteiger partial charge in [-0.2, -0.15) is 13.2 Å². The average Bonchev–Trinajstić information content (AvgIpc) is 2.94. The second kappa shape index (κ2) is 7.79. The minimum absolute atomic E-state index is 0.441. The van der Waals surface area contributed by atoms with Gasteiger partial charge in [0.25, 0.3) is 0 Å². The standard InChI is InChI=1S/C28H20F3N/c1-18-12-15-25-23(16-18)22-14-13-21(28(29,30)31)17-24(22)26(19-8-4-2-5-9-19)27(32-25)20-10-6-3-7-11-20/h2-17,26H,1H3/t26-/m1/s1. The largest absolute Gasteiger partial charge is 0.416 e. The van der Waals surface area contributed by atoms with Crippen molar-refractivity contribution in [2.75, 3.05) is 0 Å². The number of fused-ring (bicyclic) bond motifs is 3. The lowest BCUT2D eigenvalue weighted by atomic mass is 9.80. The minimum Gasteiger partial charge on any atom is -0.251 e. The summed E-state index contributed by atoms with van der Waals surface area (Å²) < 4.78 is 41.2. The van der Waals surface area contributed by atoms with Gasteiger partial charge in [0, 0.05) is 5.56 Å². The van der Waals surface area contributed by atoms with Gasteiger partial charge in [0.05, 0.1) is 22.9 Å². The molecular formula is C28H20F3N. The molecule has 1 nitrogen and oxygen atoms in total. The van der Waals surface area contributed by atoms with Crippen LogP contribution in [0.25, 0.3) is 11.1 Å². The molecular weight excluding hydrogens is 407 g/mol. The SMILES string of the molecule is Cc1ccc2c(c1)-c1ccc(C(F)(F)F)cc1[C@@H](c1ccccc1)C(c1ccccc1)=N2. The molecule has 1 aliphatic rings. The molecule has 1 atom stereocenters. The van der Waals surface area contributed by atoms with Crippen LogP contribution >= 0.6 is 0 Å². The van der Waals surface area contributed by atoms with E-state index in [1.165, 1.54) is 12.1 Å². The summed E-state index contributed by atoms with van der Waals surface area (Å²) in [7, 11) is 0. The van der Waals surface area contributed by atoms with Gasteiger partial charge in [0.15, 0.2) is 0 Å². The van der Waals surface area contributed by atoms with Crippen molar-refractivity contribution in [1.29, 1.82) is 0 Å². The van der Waals surface area contributed by atoms with Gasteiger partial charge in [-0.05, 0) is 53.4 Å². The molecule has 0 fully saturated rings. The number of hydrogen-bond acceptors (Lipinski definition) is 1. The van der Waals surface area contributed by atoms with E-state index in [0.717, 1.165) is 39.2 Å². The van der Waals surface area contributed by atoms with Crippen LogP contribution in [0.3, 0.4) is 0 Å². The smallest absolute Gasteiger partial charge is 0.251 e. The molecule has 0 saturated carbocycles. The number of alkyl halides is 3. The predicted molar refractivity (Wildman–Crippen MR) is 123 cm³/mol. The minimum atomic E-state index is -4.43. The highest BCUT2D eigenvalue weighted by molar-refractivity contribution is 6.11. The lowest BCUT2D eigenvalue weighted by Gasteiger charge is -2.23. The fraction of sp³-hybridized carbons (Fsp3) is 0.107. The van der Waals surface area contributed by atoms with Crippen LogP contribution in [0.1, 0.15) is 33.7 Å². The maximum absolute atomic E-state index is 13.7. The van der Waals surface area contributed by atoms with Crippen LogP contribution in [-0.4, -0.2) is 5.71 Å². The topological polar surface area (TPSA) is 12.4 Å². The van der Waals surface area contributed by atoms with Crippen LogP contribution in [0, 0.1) is 6.92 Å². The fourth-order valence-electron chi connectivity index (χ4n) is 4.35. The first-order valence-electron chi connectivity index (χ1n) is 10.4. The van der Waals surface area contributed by atoms with Crippen molar-refractivity contribution in [1.82, 2.24) is 0 Å². The molecule has 4 heteroatoms. The van der Waals surface area contributed by atoms with E-state index in [2.05, 4.69) is 0 Å². The summed E-state index contributed by atoms with van der Waals surface area (Å²) in [6.07, 6.45) is -4.43. The average molecular weight is 427 g/mol. The molecule has 0 bridgehead atoms. The third-order valence-electron chi connectivity index (χ3n) is 5.85. The number of benzene rings is 4. The number of nitrogens with zero attached hydrogens (tertiary/aromatic N) is 1. The van der Waals surface area contributed by atoms with Crippen LogP contribution < -0.4 is 0 Å².